The van der Waals surface area contributed by atoms with Crippen LogP contribution in [0.15, 0.2) is 30.3 Å². The molecule has 1 aromatic carbocycles. The van der Waals surface area contributed by atoms with E-state index in [-0.39, 0.29) is 42.3 Å². The van der Waals surface area contributed by atoms with Gasteiger partial charge in [-0.3, -0.25) is 14.9 Å². The van der Waals surface area contributed by atoms with Crippen molar-refractivity contribution in [2.45, 2.75) is 44.4 Å². The number of rotatable bonds is 4. The summed E-state index contributed by atoms with van der Waals surface area (Å²) < 4.78 is 5.33. The summed E-state index contributed by atoms with van der Waals surface area (Å²) in [6.07, 6.45) is 1.35. The zero-order chi connectivity index (χ0) is 18.5. The fourth-order valence-electron chi connectivity index (χ4n) is 3.73. The van der Waals surface area contributed by atoms with Crippen LogP contribution >= 0.6 is 0 Å². The zero-order valence-electron chi connectivity index (χ0n) is 14.5. The number of ether oxygens (including phenoxy) is 1. The van der Waals surface area contributed by atoms with E-state index in [2.05, 4.69) is 5.32 Å². The molecule has 1 aromatic rings. The van der Waals surface area contributed by atoms with Crippen LogP contribution in [0.4, 0.5) is 4.79 Å². The van der Waals surface area contributed by atoms with E-state index in [1.165, 1.54) is 0 Å². The molecule has 2 heterocycles. The van der Waals surface area contributed by atoms with Crippen molar-refractivity contribution in [3.63, 3.8) is 0 Å². The number of likely N-dealkylation sites (tertiary alicyclic amines) is 1. The molecule has 0 radical (unpaired) electrons. The minimum absolute atomic E-state index is 0.00724. The number of carbonyl (C=O) groups is 2. The molecule has 2 saturated heterocycles. The number of nitrogens with one attached hydrogen (secondary N) is 1. The number of nitro groups is 1. The van der Waals surface area contributed by atoms with Crippen LogP contribution in [0.5, 0.6) is 0 Å². The molecule has 2 aliphatic rings. The first kappa shape index (κ1) is 18.2. The van der Waals surface area contributed by atoms with Crippen molar-refractivity contribution in [1.82, 2.24) is 10.2 Å². The minimum Gasteiger partial charge on any atom is -0.445 e. The molecule has 2 amide bonds. The second-order valence-corrected chi connectivity index (χ2v) is 6.85. The molecule has 8 nitrogen and oxygen atoms in total. The predicted molar refractivity (Wildman–Crippen MR) is 92.9 cm³/mol. The van der Waals surface area contributed by atoms with E-state index < -0.39 is 12.1 Å². The number of nitrogens with zero attached hydrogens (tertiary/aromatic N) is 2. The van der Waals surface area contributed by atoms with Gasteiger partial charge in [-0.25, -0.2) is 4.79 Å². The molecule has 0 aliphatic carbocycles. The van der Waals surface area contributed by atoms with E-state index in [1.807, 2.05) is 30.3 Å². The van der Waals surface area contributed by atoms with Crippen LogP contribution in [0.2, 0.25) is 0 Å². The highest BCUT2D eigenvalue weighted by atomic mass is 16.6. The van der Waals surface area contributed by atoms with Gasteiger partial charge in [0.25, 0.3) is 0 Å². The number of hydrogen-bond acceptors (Lipinski definition) is 5. The average Bonchev–Trinajstić information content (AvgIpc) is 2.66. The van der Waals surface area contributed by atoms with Gasteiger partial charge in [-0.05, 0) is 24.3 Å². The molecule has 0 bridgehead atoms. The van der Waals surface area contributed by atoms with Crippen LogP contribution < -0.4 is 5.32 Å². The highest BCUT2D eigenvalue weighted by Gasteiger charge is 2.43. The van der Waals surface area contributed by atoms with Crippen molar-refractivity contribution >= 4 is 12.0 Å². The molecule has 0 saturated carbocycles. The summed E-state index contributed by atoms with van der Waals surface area (Å²) in [5.74, 6) is -0.120. The monoisotopic (exact) mass is 361 g/mol. The summed E-state index contributed by atoms with van der Waals surface area (Å²) in [6, 6.07) is 8.27. The third-order valence-electron chi connectivity index (χ3n) is 5.19. The van der Waals surface area contributed by atoms with Gasteiger partial charge in [0.15, 0.2) is 0 Å². The molecule has 0 unspecified atom stereocenters. The molecule has 0 spiro atoms. The van der Waals surface area contributed by atoms with Crippen LogP contribution in [0.1, 0.15) is 31.2 Å². The van der Waals surface area contributed by atoms with Crippen molar-refractivity contribution in [3.05, 3.63) is 46.0 Å². The van der Waals surface area contributed by atoms with Crippen molar-refractivity contribution < 1.29 is 19.2 Å². The van der Waals surface area contributed by atoms with E-state index in [4.69, 9.17) is 4.74 Å². The SMILES string of the molecule is O=C1CC[C@H]([N+](=O)[O-])[C@@H](C2CCN(C(=O)OCc3ccccc3)CC2)N1. The first-order chi connectivity index (χ1) is 12.5. The molecular formula is C18H23N3O5. The smallest absolute Gasteiger partial charge is 0.410 e. The molecule has 26 heavy (non-hydrogen) atoms. The van der Waals surface area contributed by atoms with Gasteiger partial charge in [-0.15, -0.1) is 0 Å². The standard InChI is InChI=1S/C18H23N3O5/c22-16-7-6-15(21(24)25)17(19-16)14-8-10-20(11-9-14)18(23)26-12-13-4-2-1-3-5-13/h1-5,14-15,17H,6-12H2,(H,19,22)/t15-,17+/m0/s1. The van der Waals surface area contributed by atoms with Crippen LogP contribution in [-0.2, 0) is 16.1 Å². The Morgan fingerprint density at radius 2 is 1.92 bits per heavy atom. The molecule has 2 fully saturated rings. The average molecular weight is 361 g/mol. The molecular weight excluding hydrogens is 338 g/mol. The highest BCUT2D eigenvalue weighted by molar-refractivity contribution is 5.77. The van der Waals surface area contributed by atoms with Gasteiger partial charge in [0.1, 0.15) is 6.61 Å². The second-order valence-electron chi connectivity index (χ2n) is 6.85. The summed E-state index contributed by atoms with van der Waals surface area (Å²) in [6.45, 7) is 1.19. The molecule has 2 aliphatic heterocycles. The Morgan fingerprint density at radius 3 is 2.58 bits per heavy atom. The van der Waals surface area contributed by atoms with Crippen LogP contribution in [0.25, 0.3) is 0 Å². The molecule has 140 valence electrons. The summed E-state index contributed by atoms with van der Waals surface area (Å²) >= 11 is 0. The Kier molecular flexibility index (Phi) is 5.70. The third-order valence-corrected chi connectivity index (χ3v) is 5.19. The Hall–Kier alpha value is -2.64. The van der Waals surface area contributed by atoms with Gasteiger partial charge < -0.3 is 15.0 Å². The van der Waals surface area contributed by atoms with Crippen molar-refractivity contribution in [2.24, 2.45) is 5.92 Å². The summed E-state index contributed by atoms with van der Waals surface area (Å²) in [5.41, 5.74) is 0.925. The molecule has 8 heteroatoms. The lowest BCUT2D eigenvalue weighted by atomic mass is 9.82. The van der Waals surface area contributed by atoms with Crippen molar-refractivity contribution in [1.29, 1.82) is 0 Å². The van der Waals surface area contributed by atoms with Gasteiger partial charge >= 0.3 is 6.09 Å². The Morgan fingerprint density at radius 1 is 1.23 bits per heavy atom. The highest BCUT2D eigenvalue weighted by Crippen LogP contribution is 2.27. The van der Waals surface area contributed by atoms with Crippen LogP contribution in [0, 0.1) is 16.0 Å². The summed E-state index contributed by atoms with van der Waals surface area (Å²) in [7, 11) is 0. The van der Waals surface area contributed by atoms with Crippen LogP contribution in [-0.4, -0.2) is 47.0 Å². The van der Waals surface area contributed by atoms with Gasteiger partial charge in [-0.1, -0.05) is 30.3 Å². The number of amides is 2. The second kappa shape index (κ2) is 8.16. The number of carbonyl (C=O) groups excluding carboxylic acids is 2. The normalized spacial score (nSPS) is 24.0. The van der Waals surface area contributed by atoms with E-state index in [1.54, 1.807) is 4.90 Å². The molecule has 3 rings (SSSR count). The van der Waals surface area contributed by atoms with Gasteiger partial charge in [0.2, 0.25) is 11.9 Å². The molecule has 1 N–H and O–H groups in total. The topological polar surface area (TPSA) is 102 Å². The predicted octanol–water partition coefficient (Wildman–Crippen LogP) is 1.96. The van der Waals surface area contributed by atoms with Crippen molar-refractivity contribution in [2.75, 3.05) is 13.1 Å². The van der Waals surface area contributed by atoms with Crippen molar-refractivity contribution in [3.8, 4) is 0 Å². The first-order valence-electron chi connectivity index (χ1n) is 8.93. The summed E-state index contributed by atoms with van der Waals surface area (Å²) in [5, 5.41) is 14.1. The maximum absolute atomic E-state index is 12.2. The fourth-order valence-corrected chi connectivity index (χ4v) is 3.73. The Balaban J connectivity index is 1.50. The van der Waals surface area contributed by atoms with Gasteiger partial charge in [-0.2, -0.15) is 0 Å². The maximum Gasteiger partial charge on any atom is 0.410 e. The zero-order valence-corrected chi connectivity index (χ0v) is 14.5. The number of hydrogen-bond donors (Lipinski definition) is 1. The first-order valence-corrected chi connectivity index (χ1v) is 8.93. The quantitative estimate of drug-likeness (QED) is 0.652. The molecule has 0 aromatic heterocycles. The number of benzene rings is 1. The van der Waals surface area contributed by atoms with E-state index in [0.717, 1.165) is 5.56 Å². The minimum atomic E-state index is -0.741. The lowest BCUT2D eigenvalue weighted by Crippen LogP contribution is -2.57. The Bertz CT molecular complexity index is 658. The maximum atomic E-state index is 12.2. The van der Waals surface area contributed by atoms with Crippen LogP contribution in [0.3, 0.4) is 0 Å². The lowest BCUT2D eigenvalue weighted by molar-refractivity contribution is -0.530. The third kappa shape index (κ3) is 4.30. The Labute approximate surface area is 151 Å². The largest absolute Gasteiger partial charge is 0.445 e. The number of piperidine rings is 2. The van der Waals surface area contributed by atoms with E-state index in [0.29, 0.717) is 25.9 Å². The van der Waals surface area contributed by atoms with E-state index in [9.17, 15) is 19.7 Å². The summed E-state index contributed by atoms with van der Waals surface area (Å²) in [4.78, 5) is 36.5. The lowest BCUT2D eigenvalue weighted by Gasteiger charge is -2.38. The molecule has 2 atom stereocenters. The van der Waals surface area contributed by atoms with E-state index >= 15 is 0 Å². The van der Waals surface area contributed by atoms with Gasteiger partial charge in [0.05, 0.1) is 6.04 Å². The fraction of sp³-hybridized carbons (Fsp3) is 0.556. The van der Waals surface area contributed by atoms with Gasteiger partial charge in [0, 0.05) is 30.9 Å².